The highest BCUT2D eigenvalue weighted by atomic mass is 35.5. The lowest BCUT2D eigenvalue weighted by Crippen LogP contribution is -2.22. The third-order valence-corrected chi connectivity index (χ3v) is 5.00. The van der Waals surface area contributed by atoms with E-state index in [0.29, 0.717) is 5.69 Å². The van der Waals surface area contributed by atoms with E-state index >= 15 is 0 Å². The number of rotatable bonds is 5. The molecule has 0 radical (unpaired) electrons. The molecule has 0 fully saturated rings. The van der Waals surface area contributed by atoms with Gasteiger partial charge in [0.05, 0.1) is 16.5 Å². The molecule has 1 aromatic heterocycles. The Hall–Kier alpha value is -2.64. The van der Waals surface area contributed by atoms with Crippen LogP contribution in [0.25, 0.3) is 5.69 Å². The summed E-state index contributed by atoms with van der Waals surface area (Å²) in [6, 6.07) is 11.4. The van der Waals surface area contributed by atoms with Crippen LogP contribution in [0.2, 0.25) is 5.02 Å². The maximum Gasteiger partial charge on any atom is 0.287 e. The molecule has 2 aromatic carbocycles. The topological polar surface area (TPSA) is 64.0 Å². The molecule has 0 spiro atoms. The highest BCUT2D eigenvalue weighted by Crippen LogP contribution is 2.19. The van der Waals surface area contributed by atoms with Crippen LogP contribution in [0.1, 0.15) is 5.56 Å². The minimum atomic E-state index is -0.565. The average Bonchev–Trinajstić information content (AvgIpc) is 2.65. The Morgan fingerprint density at radius 1 is 1.30 bits per heavy atom. The highest BCUT2D eigenvalue weighted by molar-refractivity contribution is 7.99. The lowest BCUT2D eigenvalue weighted by Gasteiger charge is -2.09. The summed E-state index contributed by atoms with van der Waals surface area (Å²) in [5.41, 5.74) is 1.68. The predicted molar refractivity (Wildman–Crippen MR) is 105 cm³/mol. The molecule has 0 unspecified atom stereocenters. The van der Waals surface area contributed by atoms with Gasteiger partial charge in [-0.15, -0.1) is 0 Å². The van der Waals surface area contributed by atoms with Crippen molar-refractivity contribution >= 4 is 35.0 Å². The van der Waals surface area contributed by atoms with Gasteiger partial charge in [0.1, 0.15) is 5.82 Å². The number of carbonyl (C=O) groups is 1. The quantitative estimate of drug-likeness (QED) is 0.652. The average molecular weight is 404 g/mol. The van der Waals surface area contributed by atoms with Gasteiger partial charge >= 0.3 is 0 Å². The van der Waals surface area contributed by atoms with Gasteiger partial charge in [0.15, 0.2) is 5.03 Å². The number of thioether (sulfide) groups is 1. The van der Waals surface area contributed by atoms with Crippen LogP contribution < -0.4 is 10.9 Å². The number of hydrogen-bond acceptors (Lipinski definition) is 4. The Morgan fingerprint density at radius 3 is 2.81 bits per heavy atom. The molecule has 0 saturated carbocycles. The van der Waals surface area contributed by atoms with Crippen LogP contribution >= 0.6 is 23.4 Å². The van der Waals surface area contributed by atoms with E-state index in [-0.39, 0.29) is 21.7 Å². The first-order valence-electron chi connectivity index (χ1n) is 7.97. The summed E-state index contributed by atoms with van der Waals surface area (Å²) >= 11 is 6.82. The zero-order chi connectivity index (χ0) is 19.4. The molecule has 8 heteroatoms. The predicted octanol–water partition coefficient (Wildman–Crippen LogP) is 4.06. The molecular weight excluding hydrogens is 389 g/mol. The highest BCUT2D eigenvalue weighted by Gasteiger charge is 2.12. The maximum absolute atomic E-state index is 13.3. The van der Waals surface area contributed by atoms with E-state index in [4.69, 9.17) is 11.6 Å². The van der Waals surface area contributed by atoms with Crippen molar-refractivity contribution in [1.82, 2.24) is 9.55 Å². The van der Waals surface area contributed by atoms with Crippen molar-refractivity contribution in [2.24, 2.45) is 0 Å². The Kier molecular flexibility index (Phi) is 5.93. The number of para-hydroxylation sites is 1. The SMILES string of the molecule is Cc1ccccc1NC(=O)CSc1nccn(-c2ccc(F)c(Cl)c2)c1=O. The first-order chi connectivity index (χ1) is 13.0. The van der Waals surface area contributed by atoms with Crippen LogP contribution in [0.4, 0.5) is 10.1 Å². The van der Waals surface area contributed by atoms with Crippen molar-refractivity contribution in [3.8, 4) is 5.69 Å². The lowest BCUT2D eigenvalue weighted by atomic mass is 10.2. The molecule has 0 saturated heterocycles. The third kappa shape index (κ3) is 4.56. The molecule has 0 aliphatic rings. The van der Waals surface area contributed by atoms with Gasteiger partial charge in [-0.3, -0.25) is 14.2 Å². The largest absolute Gasteiger partial charge is 0.325 e. The van der Waals surface area contributed by atoms with E-state index in [9.17, 15) is 14.0 Å². The molecule has 3 aromatic rings. The smallest absolute Gasteiger partial charge is 0.287 e. The van der Waals surface area contributed by atoms with Gasteiger partial charge in [0.2, 0.25) is 5.91 Å². The summed E-state index contributed by atoms with van der Waals surface area (Å²) in [5, 5.41) is 2.89. The van der Waals surface area contributed by atoms with Crippen LogP contribution in [0, 0.1) is 12.7 Å². The van der Waals surface area contributed by atoms with Crippen molar-refractivity contribution < 1.29 is 9.18 Å². The van der Waals surface area contributed by atoms with Crippen molar-refractivity contribution in [1.29, 1.82) is 0 Å². The van der Waals surface area contributed by atoms with Crippen molar-refractivity contribution in [2.75, 3.05) is 11.1 Å². The fourth-order valence-electron chi connectivity index (χ4n) is 2.36. The first kappa shape index (κ1) is 19.1. The first-order valence-corrected chi connectivity index (χ1v) is 9.33. The van der Waals surface area contributed by atoms with E-state index in [0.717, 1.165) is 23.0 Å². The number of anilines is 1. The summed E-state index contributed by atoms with van der Waals surface area (Å²) in [4.78, 5) is 28.8. The summed E-state index contributed by atoms with van der Waals surface area (Å²) in [5.74, 6) is -0.772. The fourth-order valence-corrected chi connectivity index (χ4v) is 3.24. The number of amides is 1. The Bertz CT molecular complexity index is 1060. The van der Waals surface area contributed by atoms with Gasteiger partial charge in [-0.2, -0.15) is 0 Å². The minimum Gasteiger partial charge on any atom is -0.325 e. The van der Waals surface area contributed by atoms with Crippen molar-refractivity contribution in [2.45, 2.75) is 11.9 Å². The van der Waals surface area contributed by atoms with Gasteiger partial charge < -0.3 is 5.32 Å². The molecule has 1 N–H and O–H groups in total. The fraction of sp³-hybridized carbons (Fsp3) is 0.105. The molecule has 0 aliphatic carbocycles. The summed E-state index contributed by atoms with van der Waals surface area (Å²) < 4.78 is 14.6. The molecule has 0 atom stereocenters. The number of halogens is 2. The van der Waals surface area contributed by atoms with Gasteiger partial charge in [-0.25, -0.2) is 9.37 Å². The number of aryl methyl sites for hydroxylation is 1. The number of hydrogen-bond donors (Lipinski definition) is 1. The number of carbonyl (C=O) groups excluding carboxylic acids is 1. The molecule has 5 nitrogen and oxygen atoms in total. The maximum atomic E-state index is 13.3. The zero-order valence-electron chi connectivity index (χ0n) is 14.3. The third-order valence-electron chi connectivity index (χ3n) is 3.75. The standard InChI is InChI=1S/C19H15ClFN3O2S/c1-12-4-2-3-5-16(12)23-17(25)11-27-18-19(26)24(9-8-22-18)13-6-7-15(21)14(20)10-13/h2-10H,11H2,1H3,(H,23,25). The monoisotopic (exact) mass is 403 g/mol. The van der Waals surface area contributed by atoms with Crippen LogP contribution in [0.15, 0.2) is 64.7 Å². The van der Waals surface area contributed by atoms with E-state index < -0.39 is 11.4 Å². The molecule has 1 heterocycles. The number of benzene rings is 2. The van der Waals surface area contributed by atoms with E-state index in [1.165, 1.54) is 35.2 Å². The summed E-state index contributed by atoms with van der Waals surface area (Å²) in [6.45, 7) is 1.90. The summed E-state index contributed by atoms with van der Waals surface area (Å²) in [7, 11) is 0. The Morgan fingerprint density at radius 2 is 2.07 bits per heavy atom. The molecule has 27 heavy (non-hydrogen) atoms. The molecule has 1 amide bonds. The van der Waals surface area contributed by atoms with E-state index in [2.05, 4.69) is 10.3 Å². The zero-order valence-corrected chi connectivity index (χ0v) is 15.9. The lowest BCUT2D eigenvalue weighted by molar-refractivity contribution is -0.113. The van der Waals surface area contributed by atoms with Crippen molar-refractivity contribution in [3.05, 3.63) is 81.6 Å². The van der Waals surface area contributed by atoms with Gasteiger partial charge in [-0.1, -0.05) is 41.6 Å². The molecule has 0 aliphatic heterocycles. The number of nitrogens with one attached hydrogen (secondary N) is 1. The minimum absolute atomic E-state index is 0.0325. The second kappa shape index (κ2) is 8.37. The van der Waals surface area contributed by atoms with E-state index in [1.54, 1.807) is 0 Å². The van der Waals surface area contributed by atoms with Crippen LogP contribution in [-0.4, -0.2) is 21.2 Å². The van der Waals surface area contributed by atoms with Crippen molar-refractivity contribution in [3.63, 3.8) is 0 Å². The van der Waals surface area contributed by atoms with Gasteiger partial charge in [-0.05, 0) is 36.8 Å². The van der Waals surface area contributed by atoms with E-state index in [1.807, 2.05) is 31.2 Å². The van der Waals surface area contributed by atoms with Gasteiger partial charge in [0.25, 0.3) is 5.56 Å². The molecule has 0 bridgehead atoms. The summed E-state index contributed by atoms with van der Waals surface area (Å²) in [6.07, 6.45) is 2.91. The van der Waals surface area contributed by atoms with Crippen LogP contribution in [0.3, 0.4) is 0 Å². The van der Waals surface area contributed by atoms with Crippen LogP contribution in [0.5, 0.6) is 0 Å². The molecular formula is C19H15ClFN3O2S. The van der Waals surface area contributed by atoms with Gasteiger partial charge in [0, 0.05) is 18.1 Å². The Balaban J connectivity index is 1.74. The normalized spacial score (nSPS) is 10.6. The number of aromatic nitrogens is 2. The molecule has 3 rings (SSSR count). The van der Waals surface area contributed by atoms with Crippen LogP contribution in [-0.2, 0) is 4.79 Å². The molecule has 138 valence electrons. The Labute approximate surface area is 164 Å². The second-order valence-electron chi connectivity index (χ2n) is 5.66. The number of nitrogens with zero attached hydrogens (tertiary/aromatic N) is 2. The second-order valence-corrected chi connectivity index (χ2v) is 7.03.